The van der Waals surface area contributed by atoms with Gasteiger partial charge in [0.25, 0.3) is 0 Å². The zero-order valence-electron chi connectivity index (χ0n) is 15.5. The summed E-state index contributed by atoms with van der Waals surface area (Å²) in [5.41, 5.74) is 2.98. The summed E-state index contributed by atoms with van der Waals surface area (Å²) < 4.78 is 0. The maximum atomic E-state index is 10.4. The highest BCUT2D eigenvalue weighted by molar-refractivity contribution is 5.73. The minimum absolute atomic E-state index is 0.148. The molecule has 8 nitrogen and oxygen atoms in total. The number of hydrogen-bond acceptors (Lipinski definition) is 7. The predicted molar refractivity (Wildman–Crippen MR) is 106 cm³/mol. The Kier molecular flexibility index (Phi) is 4.40. The Morgan fingerprint density at radius 2 is 2.07 bits per heavy atom. The average Bonchev–Trinajstić information content (AvgIpc) is 3.19. The van der Waals surface area contributed by atoms with Gasteiger partial charge in [-0.1, -0.05) is 6.07 Å². The lowest BCUT2D eigenvalue weighted by molar-refractivity contribution is 0.477. The van der Waals surface area contributed by atoms with Crippen LogP contribution in [0.4, 0.5) is 5.95 Å². The number of hydrogen-bond donors (Lipinski definition) is 3. The summed E-state index contributed by atoms with van der Waals surface area (Å²) in [5.74, 6) is 1.45. The van der Waals surface area contributed by atoms with Crippen LogP contribution in [0.3, 0.4) is 0 Å². The van der Waals surface area contributed by atoms with Crippen molar-refractivity contribution in [2.45, 2.75) is 25.3 Å². The number of nitrogens with one attached hydrogen (secondary N) is 2. The van der Waals surface area contributed by atoms with Gasteiger partial charge in [-0.25, -0.2) is 4.98 Å². The molecule has 3 N–H and O–H groups in total. The minimum atomic E-state index is 0.148. The molecule has 0 radical (unpaired) electrons. The Labute approximate surface area is 163 Å². The molecule has 28 heavy (non-hydrogen) atoms. The second-order valence-corrected chi connectivity index (χ2v) is 7.65. The van der Waals surface area contributed by atoms with Crippen molar-refractivity contribution in [2.24, 2.45) is 5.92 Å². The van der Waals surface area contributed by atoms with Crippen LogP contribution in [-0.2, 0) is 0 Å². The molecule has 2 fully saturated rings. The summed E-state index contributed by atoms with van der Waals surface area (Å²) in [6.45, 7) is 3.00. The van der Waals surface area contributed by atoms with Gasteiger partial charge in [0.15, 0.2) is 0 Å². The molecule has 1 aliphatic carbocycles. The molecular weight excluding hydrogens is 354 g/mol. The summed E-state index contributed by atoms with van der Waals surface area (Å²) in [6.07, 6.45) is 8.98. The standard InChI is InChI=1S/C20H23N7O/c28-19-7-14(15-9-23-24-10-15)1-4-17(19)18-11-22-20(26-25-18)27-6-5-13(12-27)8-21-16-2-3-16/h1,4,7,9-11,13,16,21,28H,2-3,5-6,8,12H2,(H,23,24). The van der Waals surface area contributed by atoms with E-state index in [2.05, 4.69) is 35.6 Å². The van der Waals surface area contributed by atoms with Crippen molar-refractivity contribution in [3.05, 3.63) is 36.8 Å². The maximum Gasteiger partial charge on any atom is 0.245 e. The van der Waals surface area contributed by atoms with Crippen LogP contribution in [0.5, 0.6) is 5.75 Å². The molecular formula is C20H23N7O. The van der Waals surface area contributed by atoms with Gasteiger partial charge in [0, 0.05) is 36.5 Å². The fraction of sp³-hybridized carbons (Fsp3) is 0.400. The van der Waals surface area contributed by atoms with Crippen molar-refractivity contribution in [3.63, 3.8) is 0 Å². The Bertz CT molecular complexity index is 938. The van der Waals surface area contributed by atoms with E-state index in [4.69, 9.17) is 0 Å². The average molecular weight is 377 g/mol. The van der Waals surface area contributed by atoms with Crippen LogP contribution in [0.15, 0.2) is 36.8 Å². The Balaban J connectivity index is 1.27. The number of aromatic hydroxyl groups is 1. The third kappa shape index (κ3) is 3.55. The molecule has 1 saturated carbocycles. The number of anilines is 1. The number of aromatic nitrogens is 5. The number of aromatic amines is 1. The molecule has 3 heterocycles. The highest BCUT2D eigenvalue weighted by Crippen LogP contribution is 2.32. The molecule has 0 bridgehead atoms. The smallest absolute Gasteiger partial charge is 0.245 e. The van der Waals surface area contributed by atoms with E-state index in [1.807, 2.05) is 12.1 Å². The first-order valence-corrected chi connectivity index (χ1v) is 9.77. The van der Waals surface area contributed by atoms with Crippen molar-refractivity contribution in [3.8, 4) is 28.1 Å². The van der Waals surface area contributed by atoms with Crippen molar-refractivity contribution < 1.29 is 5.11 Å². The third-order valence-electron chi connectivity index (χ3n) is 5.50. The fourth-order valence-corrected chi connectivity index (χ4v) is 3.68. The first-order chi connectivity index (χ1) is 13.8. The predicted octanol–water partition coefficient (Wildman–Crippen LogP) is 2.21. The zero-order valence-corrected chi connectivity index (χ0v) is 15.5. The largest absolute Gasteiger partial charge is 0.507 e. The van der Waals surface area contributed by atoms with Crippen LogP contribution < -0.4 is 10.2 Å². The zero-order chi connectivity index (χ0) is 18.9. The number of benzene rings is 1. The number of H-pyrrole nitrogens is 1. The van der Waals surface area contributed by atoms with Crippen LogP contribution in [0, 0.1) is 5.92 Å². The normalized spacial score (nSPS) is 19.3. The quantitative estimate of drug-likeness (QED) is 0.605. The lowest BCUT2D eigenvalue weighted by Gasteiger charge is -2.16. The first kappa shape index (κ1) is 17.1. The van der Waals surface area contributed by atoms with Gasteiger partial charge < -0.3 is 15.3 Å². The second-order valence-electron chi connectivity index (χ2n) is 7.65. The Hall–Kier alpha value is -3.00. The van der Waals surface area contributed by atoms with Gasteiger partial charge >= 0.3 is 0 Å². The maximum absolute atomic E-state index is 10.4. The molecule has 2 aromatic heterocycles. The van der Waals surface area contributed by atoms with E-state index in [1.54, 1.807) is 24.7 Å². The molecule has 1 aliphatic heterocycles. The van der Waals surface area contributed by atoms with Gasteiger partial charge in [0.1, 0.15) is 11.4 Å². The Morgan fingerprint density at radius 3 is 2.79 bits per heavy atom. The fourth-order valence-electron chi connectivity index (χ4n) is 3.68. The van der Waals surface area contributed by atoms with Gasteiger partial charge in [0.05, 0.1) is 12.4 Å². The molecule has 8 heteroatoms. The number of nitrogens with zero attached hydrogens (tertiary/aromatic N) is 5. The molecule has 1 saturated heterocycles. The van der Waals surface area contributed by atoms with Crippen molar-refractivity contribution in [1.29, 1.82) is 0 Å². The number of phenols is 1. The molecule has 1 unspecified atom stereocenters. The van der Waals surface area contributed by atoms with Crippen LogP contribution in [0.25, 0.3) is 22.4 Å². The van der Waals surface area contributed by atoms with Crippen molar-refractivity contribution in [1.82, 2.24) is 30.7 Å². The summed E-state index contributed by atoms with van der Waals surface area (Å²) in [6, 6.07) is 6.21. The Morgan fingerprint density at radius 1 is 1.14 bits per heavy atom. The van der Waals surface area contributed by atoms with Crippen molar-refractivity contribution in [2.75, 3.05) is 24.5 Å². The lowest BCUT2D eigenvalue weighted by atomic mass is 10.0. The molecule has 3 aromatic rings. The second kappa shape index (κ2) is 7.20. The summed E-state index contributed by atoms with van der Waals surface area (Å²) in [7, 11) is 0. The molecule has 5 rings (SSSR count). The van der Waals surface area contributed by atoms with Gasteiger partial charge in [0.2, 0.25) is 5.95 Å². The van der Waals surface area contributed by atoms with Gasteiger partial charge in [-0.05, 0) is 49.4 Å². The van der Waals surface area contributed by atoms with E-state index >= 15 is 0 Å². The molecule has 144 valence electrons. The highest BCUT2D eigenvalue weighted by Gasteiger charge is 2.27. The molecule has 0 amide bonds. The van der Waals surface area contributed by atoms with E-state index in [9.17, 15) is 5.11 Å². The van der Waals surface area contributed by atoms with E-state index < -0.39 is 0 Å². The molecule has 0 spiro atoms. The molecule has 1 atom stereocenters. The van der Waals surface area contributed by atoms with Crippen LogP contribution >= 0.6 is 0 Å². The van der Waals surface area contributed by atoms with Crippen LogP contribution in [0.1, 0.15) is 19.3 Å². The third-order valence-corrected chi connectivity index (χ3v) is 5.50. The molecule has 1 aromatic carbocycles. The van der Waals surface area contributed by atoms with E-state index in [-0.39, 0.29) is 5.75 Å². The lowest BCUT2D eigenvalue weighted by Crippen LogP contribution is -2.28. The van der Waals surface area contributed by atoms with E-state index in [0.29, 0.717) is 23.1 Å². The van der Waals surface area contributed by atoms with Crippen LogP contribution in [-0.4, -0.2) is 56.2 Å². The molecule has 2 aliphatic rings. The monoisotopic (exact) mass is 377 g/mol. The van der Waals surface area contributed by atoms with E-state index in [1.165, 1.54) is 12.8 Å². The summed E-state index contributed by atoms with van der Waals surface area (Å²) >= 11 is 0. The summed E-state index contributed by atoms with van der Waals surface area (Å²) in [5, 5.41) is 29.4. The summed E-state index contributed by atoms with van der Waals surface area (Å²) in [4.78, 5) is 6.69. The SMILES string of the molecule is Oc1cc(-c2cn[nH]c2)ccc1-c1cnc(N2CCC(CNC3CC3)C2)nn1. The van der Waals surface area contributed by atoms with Gasteiger partial charge in [-0.3, -0.25) is 5.10 Å². The number of rotatable bonds is 6. The highest BCUT2D eigenvalue weighted by atomic mass is 16.3. The van der Waals surface area contributed by atoms with Gasteiger partial charge in [-0.15, -0.1) is 10.2 Å². The topological polar surface area (TPSA) is 103 Å². The van der Waals surface area contributed by atoms with E-state index in [0.717, 1.165) is 43.2 Å². The van der Waals surface area contributed by atoms with Gasteiger partial charge in [-0.2, -0.15) is 5.10 Å². The van der Waals surface area contributed by atoms with Crippen LogP contribution in [0.2, 0.25) is 0 Å². The minimum Gasteiger partial charge on any atom is -0.507 e. The van der Waals surface area contributed by atoms with Crippen molar-refractivity contribution >= 4 is 5.95 Å². The first-order valence-electron chi connectivity index (χ1n) is 9.77. The number of phenolic OH excluding ortho intramolecular Hbond substituents is 1.